The summed E-state index contributed by atoms with van der Waals surface area (Å²) in [5, 5.41) is 23.5. The minimum atomic E-state index is -4.92. The zero-order valence-electron chi connectivity index (χ0n) is 18.5. The Balaban J connectivity index is 1.59. The fourth-order valence-electron chi connectivity index (χ4n) is 3.65. The van der Waals surface area contributed by atoms with Crippen LogP contribution in [0.5, 0.6) is 5.75 Å². The molecule has 4 rings (SSSR count). The van der Waals surface area contributed by atoms with Crippen LogP contribution in [0.1, 0.15) is 37.6 Å². The number of nitrogens with one attached hydrogen (secondary N) is 2. The lowest BCUT2D eigenvalue weighted by Crippen LogP contribution is -2.34. The molecule has 0 aliphatic carbocycles. The van der Waals surface area contributed by atoms with Crippen LogP contribution in [0.4, 0.5) is 29.1 Å². The van der Waals surface area contributed by atoms with Crippen LogP contribution >= 0.6 is 22.7 Å². The Bertz CT molecular complexity index is 1230. The lowest BCUT2D eigenvalue weighted by Gasteiger charge is -2.30. The number of alkyl halides is 3. The molecule has 2 aromatic heterocycles. The Kier molecular flexibility index (Phi) is 7.16. The molecule has 1 aliphatic heterocycles. The summed E-state index contributed by atoms with van der Waals surface area (Å²) in [4.78, 5) is 24.9. The third-order valence-corrected chi connectivity index (χ3v) is 6.96. The van der Waals surface area contributed by atoms with Crippen molar-refractivity contribution in [1.29, 1.82) is 0 Å². The number of halogens is 3. The lowest BCUT2D eigenvalue weighted by molar-refractivity contribution is -0.274. The largest absolute Gasteiger partial charge is 0.573 e. The van der Waals surface area contributed by atoms with Crippen molar-refractivity contribution in [3.63, 3.8) is 0 Å². The predicted molar refractivity (Wildman–Crippen MR) is 125 cm³/mol. The topological polar surface area (TPSA) is 122 Å². The predicted octanol–water partition coefficient (Wildman–Crippen LogP) is 4.26. The highest BCUT2D eigenvalue weighted by Gasteiger charge is 2.34. The van der Waals surface area contributed by atoms with E-state index in [1.54, 1.807) is 0 Å². The molecule has 0 spiro atoms. The van der Waals surface area contributed by atoms with Crippen molar-refractivity contribution < 1.29 is 27.5 Å². The molecule has 1 fully saturated rings. The average molecular weight is 528 g/mol. The van der Waals surface area contributed by atoms with Gasteiger partial charge in [-0.2, -0.15) is 0 Å². The van der Waals surface area contributed by atoms with Gasteiger partial charge in [-0.15, -0.1) is 33.6 Å². The molecule has 1 aliphatic rings. The summed E-state index contributed by atoms with van der Waals surface area (Å²) >= 11 is 2.41. The molecule has 186 valence electrons. The molecular formula is C20H20F3N7O3S2. The third kappa shape index (κ3) is 6.22. The van der Waals surface area contributed by atoms with Gasteiger partial charge < -0.3 is 20.3 Å². The number of amides is 2. The van der Waals surface area contributed by atoms with Crippen molar-refractivity contribution in [2.45, 2.75) is 39.0 Å². The van der Waals surface area contributed by atoms with Gasteiger partial charge in [-0.3, -0.25) is 9.59 Å². The van der Waals surface area contributed by atoms with E-state index in [4.69, 9.17) is 0 Å². The summed E-state index contributed by atoms with van der Waals surface area (Å²) in [6.45, 7) is 3.89. The molecule has 1 saturated heterocycles. The van der Waals surface area contributed by atoms with Gasteiger partial charge in [0.1, 0.15) is 10.8 Å². The average Bonchev–Trinajstić information content (AvgIpc) is 3.42. The second-order valence-corrected chi connectivity index (χ2v) is 9.67. The molecule has 0 bridgehead atoms. The summed E-state index contributed by atoms with van der Waals surface area (Å²) < 4.78 is 43.3. The Morgan fingerprint density at radius 3 is 2.57 bits per heavy atom. The first-order valence-corrected chi connectivity index (χ1v) is 12.1. The van der Waals surface area contributed by atoms with Gasteiger partial charge in [0, 0.05) is 32.9 Å². The summed E-state index contributed by atoms with van der Waals surface area (Å²) in [7, 11) is 0. The maximum absolute atomic E-state index is 13.0. The number of rotatable bonds is 6. The Morgan fingerprint density at radius 2 is 1.86 bits per heavy atom. The molecular weight excluding hydrogens is 507 g/mol. The van der Waals surface area contributed by atoms with Crippen molar-refractivity contribution in [3.05, 3.63) is 23.2 Å². The van der Waals surface area contributed by atoms with Crippen molar-refractivity contribution in [2.75, 3.05) is 28.6 Å². The maximum Gasteiger partial charge on any atom is 0.573 e. The number of hydrogen-bond donors (Lipinski definition) is 2. The van der Waals surface area contributed by atoms with Crippen LogP contribution in [0.3, 0.4) is 0 Å². The van der Waals surface area contributed by atoms with Crippen molar-refractivity contribution in [1.82, 2.24) is 20.4 Å². The van der Waals surface area contributed by atoms with E-state index in [1.807, 2.05) is 4.90 Å². The number of anilines is 3. The molecule has 3 heterocycles. The molecule has 3 aromatic rings. The van der Waals surface area contributed by atoms with Crippen LogP contribution in [0.15, 0.2) is 18.2 Å². The molecule has 1 unspecified atom stereocenters. The smallest absolute Gasteiger partial charge is 0.405 e. The molecule has 10 nitrogen and oxygen atoms in total. The van der Waals surface area contributed by atoms with E-state index in [0.717, 1.165) is 35.3 Å². The number of piperidine rings is 1. The minimum absolute atomic E-state index is 0.00130. The van der Waals surface area contributed by atoms with Crippen LogP contribution in [0.2, 0.25) is 0 Å². The molecule has 15 heteroatoms. The number of nitrogens with zero attached hydrogens (tertiary/aromatic N) is 5. The van der Waals surface area contributed by atoms with E-state index in [-0.39, 0.29) is 28.1 Å². The first-order chi connectivity index (χ1) is 16.6. The zero-order chi connectivity index (χ0) is 25.2. The second-order valence-electron chi connectivity index (χ2n) is 7.71. The summed E-state index contributed by atoms with van der Waals surface area (Å²) in [6, 6.07) is 3.98. The van der Waals surface area contributed by atoms with Crippen molar-refractivity contribution >= 4 is 50.4 Å². The normalized spacial score (nSPS) is 16.1. The first-order valence-electron chi connectivity index (χ1n) is 10.4. The number of ether oxygens (including phenoxy) is 1. The molecule has 1 aromatic carbocycles. The van der Waals surface area contributed by atoms with Crippen LogP contribution < -0.4 is 20.3 Å². The molecule has 2 N–H and O–H groups in total. The number of hydrogen-bond acceptors (Lipinski definition) is 10. The summed E-state index contributed by atoms with van der Waals surface area (Å²) in [6.07, 6.45) is -3.22. The number of carbonyl (C=O) groups excluding carboxylic acids is 2. The summed E-state index contributed by atoms with van der Waals surface area (Å²) in [5.74, 6) is -1.11. The highest BCUT2D eigenvalue weighted by molar-refractivity contribution is 7.18. The highest BCUT2D eigenvalue weighted by atomic mass is 32.1. The summed E-state index contributed by atoms with van der Waals surface area (Å²) in [5.41, 5.74) is 0.138. The van der Waals surface area contributed by atoms with Crippen molar-refractivity contribution in [2.24, 2.45) is 0 Å². The third-order valence-electron chi connectivity index (χ3n) is 4.96. The van der Waals surface area contributed by atoms with Gasteiger partial charge in [-0.25, -0.2) is 0 Å². The van der Waals surface area contributed by atoms with Gasteiger partial charge in [-0.05, 0) is 25.0 Å². The van der Waals surface area contributed by atoms with Gasteiger partial charge in [0.2, 0.25) is 22.1 Å². The molecule has 2 amide bonds. The number of aromatic nitrogens is 4. The maximum atomic E-state index is 13.0. The standard InChI is InChI=1S/C20H20F3N7O3S2/c1-10(31)24-13-6-3-7-14(33-20(21,22)23)15(13)17-27-29-19(35-17)30-8-4-5-12(9-30)16-26-28-18(34-16)25-11(2)32/h3,6-7,12H,4-5,8-9H2,1-2H3,(H,24,31)(H,25,28,32). The number of carbonyl (C=O) groups is 2. The van der Waals surface area contributed by atoms with Crippen LogP contribution in [-0.2, 0) is 9.59 Å². The van der Waals surface area contributed by atoms with E-state index in [0.29, 0.717) is 23.4 Å². The Labute approximate surface area is 205 Å². The first kappa shape index (κ1) is 24.8. The van der Waals surface area contributed by atoms with E-state index in [9.17, 15) is 22.8 Å². The molecule has 0 radical (unpaired) electrons. The second kappa shape index (κ2) is 10.1. The number of benzene rings is 1. The Hall–Kier alpha value is -3.33. The fourth-order valence-corrected chi connectivity index (χ4v) is 5.51. The monoisotopic (exact) mass is 527 g/mol. The van der Waals surface area contributed by atoms with Gasteiger partial charge in [0.05, 0.1) is 11.3 Å². The van der Waals surface area contributed by atoms with Gasteiger partial charge in [-0.1, -0.05) is 28.7 Å². The van der Waals surface area contributed by atoms with Crippen LogP contribution in [0, 0.1) is 0 Å². The van der Waals surface area contributed by atoms with E-state index >= 15 is 0 Å². The Morgan fingerprint density at radius 1 is 1.09 bits per heavy atom. The van der Waals surface area contributed by atoms with E-state index in [1.165, 1.54) is 37.3 Å². The van der Waals surface area contributed by atoms with E-state index in [2.05, 4.69) is 35.8 Å². The molecule has 1 atom stereocenters. The highest BCUT2D eigenvalue weighted by Crippen LogP contribution is 2.43. The minimum Gasteiger partial charge on any atom is -0.405 e. The van der Waals surface area contributed by atoms with Crippen LogP contribution in [-0.4, -0.2) is 51.7 Å². The zero-order valence-corrected chi connectivity index (χ0v) is 20.2. The van der Waals surface area contributed by atoms with Crippen LogP contribution in [0.25, 0.3) is 10.6 Å². The molecule has 0 saturated carbocycles. The van der Waals surface area contributed by atoms with Gasteiger partial charge in [0.15, 0.2) is 5.01 Å². The quantitative estimate of drug-likeness (QED) is 0.488. The SMILES string of the molecule is CC(=O)Nc1nnc(C2CCCN(c3nnc(-c4c(NC(C)=O)cccc4OC(F)(F)F)s3)C2)s1. The van der Waals surface area contributed by atoms with Crippen molar-refractivity contribution in [3.8, 4) is 16.3 Å². The fraction of sp³-hybridized carbons (Fsp3) is 0.400. The van der Waals surface area contributed by atoms with Gasteiger partial charge >= 0.3 is 6.36 Å². The lowest BCUT2D eigenvalue weighted by atomic mass is 9.99. The molecule has 35 heavy (non-hydrogen) atoms. The van der Waals surface area contributed by atoms with E-state index < -0.39 is 18.0 Å². The van der Waals surface area contributed by atoms with Gasteiger partial charge in [0.25, 0.3) is 0 Å².